The summed E-state index contributed by atoms with van der Waals surface area (Å²) < 4.78 is 5.85. The Balaban J connectivity index is 0.00000481. The zero-order valence-corrected chi connectivity index (χ0v) is 24.8. The summed E-state index contributed by atoms with van der Waals surface area (Å²) in [5.74, 6) is 1.14. The molecule has 0 unspecified atom stereocenters. The molecule has 2 atom stereocenters. The van der Waals surface area contributed by atoms with E-state index in [1.807, 2.05) is 31.2 Å². The molecule has 37 heavy (non-hydrogen) atoms. The van der Waals surface area contributed by atoms with Crippen LogP contribution in [0.1, 0.15) is 101 Å². The first-order chi connectivity index (χ1) is 17.6. The van der Waals surface area contributed by atoms with Crippen LogP contribution in [0.2, 0.25) is 0 Å². The zero-order valence-electron chi connectivity index (χ0n) is 22.5. The van der Waals surface area contributed by atoms with Gasteiger partial charge in [-0.05, 0) is 56.0 Å². The van der Waals surface area contributed by atoms with Crippen molar-refractivity contribution in [3.05, 3.63) is 53.1 Å². The molecule has 0 amide bonds. The van der Waals surface area contributed by atoms with Crippen molar-refractivity contribution in [1.29, 1.82) is 0 Å². The molecule has 0 saturated heterocycles. The van der Waals surface area contributed by atoms with Gasteiger partial charge < -0.3 is 14.9 Å². The molecule has 1 aliphatic carbocycles. The second kappa shape index (κ2) is 17.4. The molecule has 1 saturated carbocycles. The van der Waals surface area contributed by atoms with E-state index in [0.29, 0.717) is 17.9 Å². The smallest absolute Gasteiger partial charge is 0.128 e. The van der Waals surface area contributed by atoms with E-state index in [2.05, 4.69) is 6.92 Å². The van der Waals surface area contributed by atoms with Gasteiger partial charge in [0, 0.05) is 50.7 Å². The second-order valence-electron chi connectivity index (χ2n) is 10.1. The molecule has 1 fully saturated rings. The van der Waals surface area contributed by atoms with Crippen LogP contribution in [-0.4, -0.2) is 41.3 Å². The summed E-state index contributed by atoms with van der Waals surface area (Å²) in [7, 11) is 0. The van der Waals surface area contributed by atoms with E-state index < -0.39 is 0 Å². The van der Waals surface area contributed by atoms with E-state index in [9.17, 15) is 10.2 Å². The average Bonchev–Trinajstić information content (AvgIpc) is 2.87. The number of aliphatic imine (C=N–C) groups is 2. The van der Waals surface area contributed by atoms with Crippen LogP contribution in [0.25, 0.3) is 0 Å². The summed E-state index contributed by atoms with van der Waals surface area (Å²) in [5.41, 5.74) is 2.45. The monoisotopic (exact) mass is 687 g/mol. The Bertz CT molecular complexity index is 992. The number of rotatable bonds is 14. The van der Waals surface area contributed by atoms with Crippen LogP contribution in [0.3, 0.4) is 0 Å². The van der Waals surface area contributed by atoms with Gasteiger partial charge >= 0.3 is 0 Å². The van der Waals surface area contributed by atoms with Crippen molar-refractivity contribution in [2.45, 2.75) is 103 Å². The fourth-order valence-corrected chi connectivity index (χ4v) is 4.70. The molecule has 2 N–H and O–H groups in total. The molecule has 206 valence electrons. The maximum atomic E-state index is 10.5. The van der Waals surface area contributed by atoms with Gasteiger partial charge in [0.25, 0.3) is 0 Å². The molecule has 0 heterocycles. The van der Waals surface area contributed by atoms with Crippen LogP contribution in [-0.2, 0) is 21.1 Å². The number of aromatic hydroxyl groups is 2. The van der Waals surface area contributed by atoms with E-state index in [4.69, 9.17) is 14.7 Å². The summed E-state index contributed by atoms with van der Waals surface area (Å²) in [5, 5.41) is 20.7. The molecular formula is C31H44N2O3Pt. The van der Waals surface area contributed by atoms with Gasteiger partial charge in [-0.2, -0.15) is 0 Å². The van der Waals surface area contributed by atoms with Crippen LogP contribution in [0.5, 0.6) is 17.2 Å². The van der Waals surface area contributed by atoms with E-state index >= 15 is 0 Å². The number of phenolic OH excluding ortho intramolecular Hbond substituents is 2. The Morgan fingerprint density at radius 3 is 1.89 bits per heavy atom. The van der Waals surface area contributed by atoms with Crippen molar-refractivity contribution in [1.82, 2.24) is 0 Å². The standard InChI is InChI=1S/C31H44N2O3.Pt/c1-3-4-5-6-7-8-9-12-19-36-27-18-17-26(31(35)21-27)23-33-29-14-11-10-13-28(29)32-22-25-16-15-24(2)20-30(25)34;/h15-18,20-23,28-29,34-35H,3-14,19H2,1-2H3;/t28-,29-;/m1./s1. The van der Waals surface area contributed by atoms with Crippen LogP contribution >= 0.6 is 0 Å². The third-order valence-corrected chi connectivity index (χ3v) is 6.96. The minimum Gasteiger partial charge on any atom is -0.507 e. The van der Waals surface area contributed by atoms with Gasteiger partial charge in [-0.1, -0.05) is 70.8 Å². The van der Waals surface area contributed by atoms with Crippen LogP contribution in [0.15, 0.2) is 46.4 Å². The zero-order chi connectivity index (χ0) is 25.6. The van der Waals surface area contributed by atoms with E-state index in [1.54, 1.807) is 24.6 Å². The van der Waals surface area contributed by atoms with Crippen molar-refractivity contribution in [3.63, 3.8) is 0 Å². The van der Waals surface area contributed by atoms with E-state index in [-0.39, 0.29) is 44.6 Å². The maximum Gasteiger partial charge on any atom is 0.128 e. The predicted molar refractivity (Wildman–Crippen MR) is 150 cm³/mol. The van der Waals surface area contributed by atoms with Gasteiger partial charge in [-0.15, -0.1) is 0 Å². The first-order valence-corrected chi connectivity index (χ1v) is 13.9. The van der Waals surface area contributed by atoms with Gasteiger partial charge in [0.05, 0.1) is 18.7 Å². The van der Waals surface area contributed by atoms with Crippen molar-refractivity contribution in [2.24, 2.45) is 9.98 Å². The molecule has 6 heteroatoms. The third kappa shape index (κ3) is 11.0. The minimum atomic E-state index is 0. The molecule has 0 aromatic heterocycles. The Morgan fingerprint density at radius 2 is 1.32 bits per heavy atom. The maximum absolute atomic E-state index is 10.5. The number of benzene rings is 2. The van der Waals surface area contributed by atoms with Gasteiger partial charge in [-0.3, -0.25) is 9.98 Å². The molecule has 2 aromatic carbocycles. The Hall–Kier alpha value is -2.13. The number of hydrogen-bond acceptors (Lipinski definition) is 5. The van der Waals surface area contributed by atoms with Crippen molar-refractivity contribution >= 4 is 12.4 Å². The first-order valence-electron chi connectivity index (χ1n) is 13.9. The average molecular weight is 688 g/mol. The Labute approximate surface area is 237 Å². The summed E-state index contributed by atoms with van der Waals surface area (Å²) in [4.78, 5) is 9.56. The SMILES string of the molecule is CCCCCCCCCCOc1ccc(C=N[C@@H]2CCCC[C@H]2N=Cc2ccc(C)cc2O)c(O)c1.[Pt]. The quantitative estimate of drug-likeness (QED) is 0.158. The fourth-order valence-electron chi connectivity index (χ4n) is 4.70. The Kier molecular flexibility index (Phi) is 14.6. The summed E-state index contributed by atoms with van der Waals surface area (Å²) >= 11 is 0. The summed E-state index contributed by atoms with van der Waals surface area (Å²) in [6.45, 7) is 4.88. The number of ether oxygens (including phenoxy) is 1. The van der Waals surface area contributed by atoms with E-state index in [1.165, 1.54) is 44.9 Å². The van der Waals surface area contributed by atoms with E-state index in [0.717, 1.165) is 43.2 Å². The Morgan fingerprint density at radius 1 is 0.784 bits per heavy atom. The minimum absolute atomic E-state index is 0. The molecule has 0 spiro atoms. The van der Waals surface area contributed by atoms with Gasteiger partial charge in [0.1, 0.15) is 17.2 Å². The third-order valence-electron chi connectivity index (χ3n) is 6.96. The predicted octanol–water partition coefficient (Wildman–Crippen LogP) is 7.77. The number of aryl methyl sites for hydroxylation is 1. The van der Waals surface area contributed by atoms with Crippen molar-refractivity contribution in [3.8, 4) is 17.2 Å². The number of nitrogens with zero attached hydrogens (tertiary/aromatic N) is 2. The molecule has 3 rings (SSSR count). The first kappa shape index (κ1) is 31.1. The largest absolute Gasteiger partial charge is 0.507 e. The number of hydrogen-bond donors (Lipinski definition) is 2. The van der Waals surface area contributed by atoms with Crippen LogP contribution in [0.4, 0.5) is 0 Å². The number of phenols is 2. The molecule has 2 aromatic rings. The normalized spacial score (nSPS) is 17.8. The molecule has 0 radical (unpaired) electrons. The molecule has 0 aliphatic heterocycles. The molecule has 5 nitrogen and oxygen atoms in total. The summed E-state index contributed by atoms with van der Waals surface area (Å²) in [6, 6.07) is 11.2. The number of unbranched alkanes of at least 4 members (excludes halogenated alkanes) is 7. The fraction of sp³-hybridized carbons (Fsp3) is 0.548. The topological polar surface area (TPSA) is 74.4 Å². The molecular weight excluding hydrogens is 643 g/mol. The van der Waals surface area contributed by atoms with Crippen LogP contribution < -0.4 is 4.74 Å². The second-order valence-corrected chi connectivity index (χ2v) is 10.1. The van der Waals surface area contributed by atoms with Crippen molar-refractivity contribution in [2.75, 3.05) is 6.61 Å². The van der Waals surface area contributed by atoms with Gasteiger partial charge in [0.2, 0.25) is 0 Å². The van der Waals surface area contributed by atoms with Crippen LogP contribution in [0, 0.1) is 6.92 Å². The molecule has 0 bridgehead atoms. The van der Waals surface area contributed by atoms with Gasteiger partial charge in [-0.25, -0.2) is 0 Å². The van der Waals surface area contributed by atoms with Gasteiger partial charge in [0.15, 0.2) is 0 Å². The summed E-state index contributed by atoms with van der Waals surface area (Å²) in [6.07, 6.45) is 17.9. The molecule has 1 aliphatic rings. The van der Waals surface area contributed by atoms with Crippen molar-refractivity contribution < 1.29 is 36.0 Å².